The highest BCUT2D eigenvalue weighted by Gasteiger charge is 2.44. The molecule has 2 aliphatic heterocycles. The van der Waals surface area contributed by atoms with Gasteiger partial charge in [-0.05, 0) is 66.2 Å². The molecule has 3 aromatic carbocycles. The molecule has 1 fully saturated rings. The summed E-state index contributed by atoms with van der Waals surface area (Å²) >= 11 is 0. The summed E-state index contributed by atoms with van der Waals surface area (Å²) in [6.07, 6.45) is -0.168. The van der Waals surface area contributed by atoms with Crippen LogP contribution in [0.25, 0.3) is 0 Å². The Morgan fingerprint density at radius 1 is 1.00 bits per heavy atom. The van der Waals surface area contributed by atoms with Crippen molar-refractivity contribution in [3.8, 4) is 17.2 Å². The van der Waals surface area contributed by atoms with E-state index >= 15 is 0 Å². The van der Waals surface area contributed by atoms with Crippen molar-refractivity contribution in [2.45, 2.75) is 25.9 Å². The Bertz CT molecular complexity index is 1400. The maximum absolute atomic E-state index is 13.7. The lowest BCUT2D eigenvalue weighted by Crippen LogP contribution is -2.45. The molecule has 1 N–H and O–H groups in total. The summed E-state index contributed by atoms with van der Waals surface area (Å²) in [5, 5.41) is 2.65. The third-order valence-corrected chi connectivity index (χ3v) is 6.33. The molecule has 194 valence electrons. The van der Waals surface area contributed by atoms with Crippen LogP contribution in [0.15, 0.2) is 66.7 Å². The second-order valence-electron chi connectivity index (χ2n) is 8.86. The highest BCUT2D eigenvalue weighted by atomic mass is 16.7. The predicted molar refractivity (Wildman–Crippen MR) is 137 cm³/mol. The van der Waals surface area contributed by atoms with Crippen LogP contribution in [0, 0.1) is 0 Å². The number of amides is 4. The number of hydrogen-bond donors (Lipinski definition) is 1. The van der Waals surface area contributed by atoms with Gasteiger partial charge in [-0.3, -0.25) is 19.2 Å². The first-order valence-corrected chi connectivity index (χ1v) is 11.9. The van der Waals surface area contributed by atoms with Gasteiger partial charge >= 0.3 is 0 Å². The fourth-order valence-electron chi connectivity index (χ4n) is 4.49. The van der Waals surface area contributed by atoms with Gasteiger partial charge < -0.3 is 24.4 Å². The summed E-state index contributed by atoms with van der Waals surface area (Å²) in [4.78, 5) is 54.2. The lowest BCUT2D eigenvalue weighted by molar-refractivity contribution is -0.122. The zero-order valence-corrected chi connectivity index (χ0v) is 20.8. The van der Waals surface area contributed by atoms with Gasteiger partial charge in [-0.25, -0.2) is 4.90 Å². The molecule has 4 amide bonds. The van der Waals surface area contributed by atoms with E-state index in [4.69, 9.17) is 14.2 Å². The van der Waals surface area contributed by atoms with Gasteiger partial charge in [-0.2, -0.15) is 0 Å². The molecule has 3 aromatic rings. The molecule has 10 nitrogen and oxygen atoms in total. The van der Waals surface area contributed by atoms with Crippen LogP contribution < -0.4 is 24.4 Å². The van der Waals surface area contributed by atoms with Crippen LogP contribution in [0.3, 0.4) is 0 Å². The van der Waals surface area contributed by atoms with Crippen LogP contribution in [0.2, 0.25) is 0 Å². The summed E-state index contributed by atoms with van der Waals surface area (Å²) in [7, 11) is 1.53. The van der Waals surface area contributed by atoms with E-state index in [9.17, 15) is 19.2 Å². The van der Waals surface area contributed by atoms with Crippen molar-refractivity contribution in [3.05, 3.63) is 77.9 Å². The lowest BCUT2D eigenvalue weighted by atomic mass is 10.1. The van der Waals surface area contributed by atoms with Crippen molar-refractivity contribution in [2.24, 2.45) is 0 Å². The largest absolute Gasteiger partial charge is 0.497 e. The second-order valence-corrected chi connectivity index (χ2v) is 8.86. The summed E-state index contributed by atoms with van der Waals surface area (Å²) < 4.78 is 16.0. The zero-order chi connectivity index (χ0) is 26.8. The third-order valence-electron chi connectivity index (χ3n) is 6.33. The number of rotatable bonds is 7. The average molecular weight is 516 g/mol. The summed E-state index contributed by atoms with van der Waals surface area (Å²) in [5.41, 5.74) is 1.96. The number of fused-ring (bicyclic) bond motifs is 1. The Morgan fingerprint density at radius 3 is 2.39 bits per heavy atom. The fourth-order valence-corrected chi connectivity index (χ4v) is 4.49. The van der Waals surface area contributed by atoms with Crippen LogP contribution in [-0.2, 0) is 20.9 Å². The van der Waals surface area contributed by atoms with Gasteiger partial charge in [0, 0.05) is 24.7 Å². The zero-order valence-electron chi connectivity index (χ0n) is 20.8. The molecule has 1 saturated heterocycles. The molecule has 5 rings (SSSR count). The van der Waals surface area contributed by atoms with Crippen LogP contribution in [0.4, 0.5) is 11.4 Å². The maximum Gasteiger partial charge on any atom is 0.257 e. The minimum atomic E-state index is -1.02. The highest BCUT2D eigenvalue weighted by Crippen LogP contribution is 2.34. The smallest absolute Gasteiger partial charge is 0.257 e. The first kappa shape index (κ1) is 24.8. The third kappa shape index (κ3) is 4.88. The first-order valence-electron chi connectivity index (χ1n) is 11.9. The summed E-state index contributed by atoms with van der Waals surface area (Å²) in [6, 6.07) is 17.2. The Balaban J connectivity index is 1.45. The monoisotopic (exact) mass is 515 g/mol. The molecular weight excluding hydrogens is 490 g/mol. The molecule has 2 aliphatic rings. The van der Waals surface area contributed by atoms with Gasteiger partial charge in [0.25, 0.3) is 11.8 Å². The van der Waals surface area contributed by atoms with Gasteiger partial charge in [0.05, 0.1) is 19.2 Å². The number of nitrogens with zero attached hydrogens (tertiary/aromatic N) is 2. The number of carbonyl (C=O) groups excluding carboxylic acids is 4. The molecule has 0 radical (unpaired) electrons. The predicted octanol–water partition coefficient (Wildman–Crippen LogP) is 3.36. The number of hydrogen-bond acceptors (Lipinski definition) is 7. The number of benzene rings is 3. The fraction of sp³-hybridized carbons (Fsp3) is 0.214. The van der Waals surface area contributed by atoms with E-state index in [-0.39, 0.29) is 25.7 Å². The van der Waals surface area contributed by atoms with Crippen molar-refractivity contribution in [1.29, 1.82) is 0 Å². The van der Waals surface area contributed by atoms with E-state index in [0.29, 0.717) is 34.2 Å². The van der Waals surface area contributed by atoms with Crippen molar-refractivity contribution in [3.63, 3.8) is 0 Å². The second kappa shape index (κ2) is 10.3. The lowest BCUT2D eigenvalue weighted by Gasteiger charge is -2.28. The molecule has 2 heterocycles. The summed E-state index contributed by atoms with van der Waals surface area (Å²) in [6.45, 7) is 1.57. The molecule has 0 bridgehead atoms. The molecular formula is C28H25N3O7. The molecule has 1 unspecified atom stereocenters. The number of nitrogens with one attached hydrogen (secondary N) is 1. The average Bonchev–Trinajstić information content (AvgIpc) is 3.50. The first-order chi connectivity index (χ1) is 18.3. The van der Waals surface area contributed by atoms with E-state index in [1.54, 1.807) is 66.7 Å². The van der Waals surface area contributed by atoms with E-state index in [1.807, 2.05) is 0 Å². The number of carbonyl (C=O) groups is 4. The van der Waals surface area contributed by atoms with Gasteiger partial charge in [-0.15, -0.1) is 0 Å². The van der Waals surface area contributed by atoms with Crippen molar-refractivity contribution in [2.75, 3.05) is 24.1 Å². The maximum atomic E-state index is 13.7. The normalized spacial score (nSPS) is 15.9. The standard InChI is InChI=1S/C28H25N3O7/c1-17(32)29-20-6-8-21(9-7-20)31-26(33)14-23(28(31)35)30(27(34)19-4-10-22(36-2)11-5-19)15-18-3-12-24-25(13-18)38-16-37-24/h3-13,23H,14-16H2,1-2H3,(H,29,32). The molecule has 0 aromatic heterocycles. The molecule has 38 heavy (non-hydrogen) atoms. The molecule has 0 saturated carbocycles. The van der Waals surface area contributed by atoms with Crippen LogP contribution in [0.1, 0.15) is 29.3 Å². The van der Waals surface area contributed by atoms with Gasteiger partial charge in [0.2, 0.25) is 18.6 Å². The SMILES string of the molecule is COc1ccc(C(=O)N(Cc2ccc3c(c2)OCO3)C2CC(=O)N(c3ccc(NC(C)=O)cc3)C2=O)cc1. The van der Waals surface area contributed by atoms with Crippen molar-refractivity contribution < 1.29 is 33.4 Å². The number of anilines is 2. The number of ether oxygens (including phenoxy) is 3. The van der Waals surface area contributed by atoms with Crippen molar-refractivity contribution >= 4 is 35.0 Å². The Morgan fingerprint density at radius 2 is 1.71 bits per heavy atom. The minimum absolute atomic E-state index is 0.0699. The van der Waals surface area contributed by atoms with E-state index in [2.05, 4.69) is 5.32 Å². The number of imide groups is 1. The Labute approximate surface area is 218 Å². The van der Waals surface area contributed by atoms with E-state index in [0.717, 1.165) is 10.5 Å². The Kier molecular flexibility index (Phi) is 6.69. The molecule has 10 heteroatoms. The molecule has 0 spiro atoms. The minimum Gasteiger partial charge on any atom is -0.497 e. The summed E-state index contributed by atoms with van der Waals surface area (Å²) in [5.74, 6) is 0.166. The quantitative estimate of drug-likeness (QED) is 0.480. The van der Waals surface area contributed by atoms with Crippen LogP contribution >= 0.6 is 0 Å². The van der Waals surface area contributed by atoms with Crippen LogP contribution in [-0.4, -0.2) is 48.5 Å². The number of methoxy groups -OCH3 is 1. The van der Waals surface area contributed by atoms with Gasteiger partial charge in [-0.1, -0.05) is 6.07 Å². The van der Waals surface area contributed by atoms with E-state index in [1.165, 1.54) is 18.9 Å². The highest BCUT2D eigenvalue weighted by molar-refractivity contribution is 6.23. The Hall–Kier alpha value is -4.86. The topological polar surface area (TPSA) is 114 Å². The van der Waals surface area contributed by atoms with Gasteiger partial charge in [0.15, 0.2) is 11.5 Å². The van der Waals surface area contributed by atoms with Gasteiger partial charge in [0.1, 0.15) is 11.8 Å². The van der Waals surface area contributed by atoms with E-state index < -0.39 is 23.8 Å². The molecule has 0 aliphatic carbocycles. The van der Waals surface area contributed by atoms with Crippen molar-refractivity contribution in [1.82, 2.24) is 4.90 Å². The van der Waals surface area contributed by atoms with Crippen LogP contribution in [0.5, 0.6) is 17.2 Å². The molecule has 1 atom stereocenters.